The molecular weight excluding hydrogens is 224 g/mol. The monoisotopic (exact) mass is 235 g/mol. The van der Waals surface area contributed by atoms with Crippen molar-refractivity contribution < 1.29 is 8.78 Å². The molecule has 1 atom stereocenters. The molecular formula is C12H11F2N3. The summed E-state index contributed by atoms with van der Waals surface area (Å²) in [6.07, 6.45) is 3.11. The molecule has 0 aliphatic heterocycles. The summed E-state index contributed by atoms with van der Waals surface area (Å²) in [4.78, 5) is 7.91. The van der Waals surface area contributed by atoms with Crippen molar-refractivity contribution in [3.8, 4) is 0 Å². The predicted octanol–water partition coefficient (Wildman–Crippen LogP) is 2.00. The summed E-state index contributed by atoms with van der Waals surface area (Å²) in [6, 6.07) is 4.76. The van der Waals surface area contributed by atoms with E-state index in [4.69, 9.17) is 5.73 Å². The summed E-state index contributed by atoms with van der Waals surface area (Å²) in [6.45, 7) is 0. The molecule has 0 saturated carbocycles. The molecule has 0 amide bonds. The molecule has 2 aromatic rings. The lowest BCUT2D eigenvalue weighted by atomic mass is 10.0. The highest BCUT2D eigenvalue weighted by Gasteiger charge is 2.15. The quantitative estimate of drug-likeness (QED) is 0.885. The fraction of sp³-hybridized carbons (Fsp3) is 0.167. The number of aromatic nitrogens is 2. The molecule has 1 aromatic carbocycles. The van der Waals surface area contributed by atoms with Crippen LogP contribution in [0.1, 0.15) is 17.4 Å². The minimum absolute atomic E-state index is 0.0303. The predicted molar refractivity (Wildman–Crippen MR) is 59.0 cm³/mol. The molecule has 2 rings (SSSR count). The molecule has 5 heteroatoms. The minimum Gasteiger partial charge on any atom is -0.321 e. The van der Waals surface area contributed by atoms with Gasteiger partial charge in [0.1, 0.15) is 17.5 Å². The van der Waals surface area contributed by atoms with Gasteiger partial charge in [-0.25, -0.2) is 18.7 Å². The van der Waals surface area contributed by atoms with Crippen LogP contribution in [-0.4, -0.2) is 9.97 Å². The second kappa shape index (κ2) is 4.97. The normalized spacial score (nSPS) is 12.4. The van der Waals surface area contributed by atoms with Crippen molar-refractivity contribution in [3.63, 3.8) is 0 Å². The zero-order valence-electron chi connectivity index (χ0n) is 8.98. The number of hydrogen-bond acceptors (Lipinski definition) is 3. The number of hydrogen-bond donors (Lipinski definition) is 1. The van der Waals surface area contributed by atoms with Crippen LogP contribution in [-0.2, 0) is 6.42 Å². The van der Waals surface area contributed by atoms with E-state index in [-0.39, 0.29) is 12.0 Å². The van der Waals surface area contributed by atoms with Crippen LogP contribution >= 0.6 is 0 Å². The molecule has 1 heterocycles. The highest BCUT2D eigenvalue weighted by molar-refractivity contribution is 5.21. The number of benzene rings is 1. The molecule has 0 bridgehead atoms. The third kappa shape index (κ3) is 2.62. The topological polar surface area (TPSA) is 51.8 Å². The van der Waals surface area contributed by atoms with Crippen molar-refractivity contribution in [2.24, 2.45) is 5.73 Å². The van der Waals surface area contributed by atoms with E-state index in [0.29, 0.717) is 5.82 Å². The lowest BCUT2D eigenvalue weighted by molar-refractivity contribution is 0.534. The van der Waals surface area contributed by atoms with Crippen molar-refractivity contribution in [1.29, 1.82) is 0 Å². The molecule has 0 aliphatic carbocycles. The fourth-order valence-electron chi connectivity index (χ4n) is 1.54. The van der Waals surface area contributed by atoms with Crippen LogP contribution in [0.3, 0.4) is 0 Å². The van der Waals surface area contributed by atoms with E-state index in [2.05, 4.69) is 9.97 Å². The van der Waals surface area contributed by atoms with Gasteiger partial charge in [0, 0.05) is 24.4 Å². The average molecular weight is 235 g/mol. The highest BCUT2D eigenvalue weighted by Crippen LogP contribution is 2.18. The van der Waals surface area contributed by atoms with Gasteiger partial charge in [0.2, 0.25) is 0 Å². The average Bonchev–Trinajstić information content (AvgIpc) is 2.35. The summed E-state index contributed by atoms with van der Waals surface area (Å²) in [5, 5.41) is 0. The van der Waals surface area contributed by atoms with Gasteiger partial charge >= 0.3 is 0 Å². The second-order valence-corrected chi connectivity index (χ2v) is 3.62. The Hall–Kier alpha value is -1.88. The van der Waals surface area contributed by atoms with Crippen LogP contribution in [0.15, 0.2) is 36.7 Å². The Morgan fingerprint density at radius 1 is 1.06 bits per heavy atom. The zero-order chi connectivity index (χ0) is 12.3. The summed E-state index contributed by atoms with van der Waals surface area (Å²) in [5.41, 5.74) is 5.77. The van der Waals surface area contributed by atoms with Crippen molar-refractivity contribution in [3.05, 3.63) is 59.7 Å². The van der Waals surface area contributed by atoms with E-state index >= 15 is 0 Å². The Bertz CT molecular complexity index is 482. The Kier molecular flexibility index (Phi) is 3.39. The first-order chi connectivity index (χ1) is 8.18. The number of halogens is 2. The highest BCUT2D eigenvalue weighted by atomic mass is 19.1. The summed E-state index contributed by atoms with van der Waals surface area (Å²) in [7, 11) is 0. The lowest BCUT2D eigenvalue weighted by Crippen LogP contribution is -2.17. The zero-order valence-corrected chi connectivity index (χ0v) is 8.98. The van der Waals surface area contributed by atoms with Gasteiger partial charge in [-0.15, -0.1) is 0 Å². The first kappa shape index (κ1) is 11.6. The van der Waals surface area contributed by atoms with Gasteiger partial charge in [0.15, 0.2) is 0 Å². The Morgan fingerprint density at radius 3 is 2.24 bits per heavy atom. The summed E-state index contributed by atoms with van der Waals surface area (Å²) < 4.78 is 26.8. The van der Waals surface area contributed by atoms with Gasteiger partial charge in [-0.05, 0) is 18.2 Å². The first-order valence-electron chi connectivity index (χ1n) is 5.14. The maximum atomic E-state index is 13.4. The Balaban J connectivity index is 2.22. The number of rotatable bonds is 3. The number of nitrogens with zero attached hydrogens (tertiary/aromatic N) is 2. The standard InChI is InChI=1S/C12H11F2N3/c13-9-3-1-4-10(14)8(9)7-11(15)12-16-5-2-6-17-12/h1-6,11H,7,15H2. The Labute approximate surface area is 97.3 Å². The van der Waals surface area contributed by atoms with E-state index < -0.39 is 17.7 Å². The molecule has 17 heavy (non-hydrogen) atoms. The van der Waals surface area contributed by atoms with E-state index in [9.17, 15) is 8.78 Å². The largest absolute Gasteiger partial charge is 0.321 e. The molecule has 3 nitrogen and oxygen atoms in total. The third-order valence-electron chi connectivity index (χ3n) is 2.40. The molecule has 1 aromatic heterocycles. The minimum atomic E-state index is -0.623. The van der Waals surface area contributed by atoms with Gasteiger partial charge in [-0.3, -0.25) is 0 Å². The maximum absolute atomic E-state index is 13.4. The van der Waals surface area contributed by atoms with E-state index in [1.165, 1.54) is 18.2 Å². The van der Waals surface area contributed by atoms with E-state index in [1.807, 2.05) is 0 Å². The molecule has 1 unspecified atom stereocenters. The van der Waals surface area contributed by atoms with E-state index in [0.717, 1.165) is 0 Å². The molecule has 88 valence electrons. The smallest absolute Gasteiger partial charge is 0.145 e. The van der Waals surface area contributed by atoms with Crippen molar-refractivity contribution in [2.75, 3.05) is 0 Å². The van der Waals surface area contributed by atoms with Crippen molar-refractivity contribution in [1.82, 2.24) is 9.97 Å². The van der Waals surface area contributed by atoms with Crippen molar-refractivity contribution in [2.45, 2.75) is 12.5 Å². The molecule has 0 spiro atoms. The van der Waals surface area contributed by atoms with Crippen LogP contribution in [0.25, 0.3) is 0 Å². The van der Waals surface area contributed by atoms with Crippen LogP contribution in [0.4, 0.5) is 8.78 Å². The lowest BCUT2D eigenvalue weighted by Gasteiger charge is -2.11. The molecule has 0 aliphatic rings. The first-order valence-corrected chi connectivity index (χ1v) is 5.14. The van der Waals surface area contributed by atoms with E-state index in [1.54, 1.807) is 18.5 Å². The maximum Gasteiger partial charge on any atom is 0.145 e. The molecule has 0 fully saturated rings. The molecule has 0 radical (unpaired) electrons. The number of nitrogens with two attached hydrogens (primary N) is 1. The fourth-order valence-corrected chi connectivity index (χ4v) is 1.54. The van der Waals surface area contributed by atoms with Gasteiger partial charge in [0.05, 0.1) is 6.04 Å². The SMILES string of the molecule is NC(Cc1c(F)cccc1F)c1ncccn1. The van der Waals surface area contributed by atoms with Gasteiger partial charge < -0.3 is 5.73 Å². The van der Waals surface area contributed by atoms with Gasteiger partial charge in [0.25, 0.3) is 0 Å². The van der Waals surface area contributed by atoms with Crippen LogP contribution in [0.5, 0.6) is 0 Å². The second-order valence-electron chi connectivity index (χ2n) is 3.62. The summed E-state index contributed by atoms with van der Waals surface area (Å²) >= 11 is 0. The Morgan fingerprint density at radius 2 is 1.65 bits per heavy atom. The van der Waals surface area contributed by atoms with Crippen LogP contribution in [0, 0.1) is 11.6 Å². The third-order valence-corrected chi connectivity index (χ3v) is 2.40. The molecule has 0 saturated heterocycles. The van der Waals surface area contributed by atoms with Crippen LogP contribution in [0.2, 0.25) is 0 Å². The van der Waals surface area contributed by atoms with Gasteiger partial charge in [-0.2, -0.15) is 0 Å². The molecule has 2 N–H and O–H groups in total. The van der Waals surface area contributed by atoms with Gasteiger partial charge in [-0.1, -0.05) is 6.07 Å². The summed E-state index contributed by atoms with van der Waals surface area (Å²) in [5.74, 6) is -0.831. The van der Waals surface area contributed by atoms with Crippen molar-refractivity contribution >= 4 is 0 Å². The van der Waals surface area contributed by atoms with Crippen LogP contribution < -0.4 is 5.73 Å².